The smallest absolute Gasteiger partial charge is 0.414 e. The number of amides is 1. The fourth-order valence-electron chi connectivity index (χ4n) is 3.47. The Morgan fingerprint density at radius 1 is 0.929 bits per heavy atom. The van der Waals surface area contributed by atoms with Crippen molar-refractivity contribution in [1.82, 2.24) is 9.80 Å². The maximum Gasteiger partial charge on any atom is 0.414 e. The molecule has 0 radical (unpaired) electrons. The number of piperazine rings is 1. The maximum atomic E-state index is 12.4. The summed E-state index contributed by atoms with van der Waals surface area (Å²) in [6.07, 6.45) is 5.23. The van der Waals surface area contributed by atoms with Crippen LogP contribution in [0.1, 0.15) is 36.0 Å². The predicted octanol–water partition coefficient (Wildman–Crippen LogP) is 1.45. The lowest BCUT2D eigenvalue weighted by Gasteiger charge is -2.38. The molecule has 2 fully saturated rings. The fraction of sp³-hybridized carbons (Fsp3) is 0.500. The van der Waals surface area contributed by atoms with Gasteiger partial charge in [-0.25, -0.2) is 9.59 Å². The Bertz CT molecular complexity index is 709. The Kier molecular flexibility index (Phi) is 7.44. The van der Waals surface area contributed by atoms with E-state index in [0.717, 1.165) is 26.2 Å². The molecule has 0 aromatic heterocycles. The van der Waals surface area contributed by atoms with Gasteiger partial charge in [0, 0.05) is 49.9 Å². The second kappa shape index (κ2) is 9.79. The Morgan fingerprint density at radius 3 is 1.86 bits per heavy atom. The Morgan fingerprint density at radius 2 is 1.43 bits per heavy atom. The number of aliphatic carboxylic acids is 2. The van der Waals surface area contributed by atoms with Gasteiger partial charge in [-0.1, -0.05) is 12.8 Å². The van der Waals surface area contributed by atoms with Gasteiger partial charge in [0.1, 0.15) is 0 Å². The molecule has 3 rings (SSSR count). The number of carboxylic acids is 2. The number of benzene rings is 1. The molecule has 2 N–H and O–H groups in total. The molecule has 28 heavy (non-hydrogen) atoms. The van der Waals surface area contributed by atoms with Crippen LogP contribution in [-0.4, -0.2) is 75.0 Å². The van der Waals surface area contributed by atoms with E-state index in [4.69, 9.17) is 19.8 Å². The number of hydrogen-bond acceptors (Lipinski definition) is 6. The van der Waals surface area contributed by atoms with Gasteiger partial charge in [0.25, 0.3) is 11.6 Å². The zero-order valence-electron chi connectivity index (χ0n) is 15.3. The van der Waals surface area contributed by atoms with Crippen LogP contribution < -0.4 is 0 Å². The number of carbonyl (C=O) groups is 3. The molecule has 1 heterocycles. The average molecular weight is 393 g/mol. The highest BCUT2D eigenvalue weighted by Crippen LogP contribution is 2.24. The highest BCUT2D eigenvalue weighted by molar-refractivity contribution is 6.27. The number of hydrogen-bond donors (Lipinski definition) is 2. The topological polar surface area (TPSA) is 141 Å². The van der Waals surface area contributed by atoms with Crippen LogP contribution in [0.3, 0.4) is 0 Å². The quantitative estimate of drug-likeness (QED) is 0.446. The standard InChI is InChI=1S/C16H21N3O3.C2H2O4/c20-16(13-5-7-15(8-6-13)19(21)22)18-11-9-17(10-12-18)14-3-1-2-4-14;3-1(4)2(5)6/h5-8,14H,1-4,9-12H2;(H,3,4)(H,5,6). The number of rotatable bonds is 3. The van der Waals surface area contributed by atoms with Crippen molar-refractivity contribution in [3.05, 3.63) is 39.9 Å². The third kappa shape index (κ3) is 5.74. The van der Waals surface area contributed by atoms with Gasteiger partial charge in [0.05, 0.1) is 4.92 Å². The molecule has 1 aliphatic heterocycles. The van der Waals surface area contributed by atoms with Crippen molar-refractivity contribution in [2.45, 2.75) is 31.7 Å². The highest BCUT2D eigenvalue weighted by Gasteiger charge is 2.28. The zero-order valence-corrected chi connectivity index (χ0v) is 15.3. The molecule has 1 aromatic rings. The molecule has 0 atom stereocenters. The maximum absolute atomic E-state index is 12.4. The van der Waals surface area contributed by atoms with E-state index in [1.54, 1.807) is 12.1 Å². The Hall–Kier alpha value is -3.01. The molecule has 2 aliphatic rings. The molecule has 152 valence electrons. The van der Waals surface area contributed by atoms with E-state index in [0.29, 0.717) is 11.6 Å². The van der Waals surface area contributed by atoms with Gasteiger partial charge >= 0.3 is 11.9 Å². The first-order chi connectivity index (χ1) is 13.3. The second-order valence-corrected chi connectivity index (χ2v) is 6.68. The van der Waals surface area contributed by atoms with Crippen molar-refractivity contribution in [3.8, 4) is 0 Å². The summed E-state index contributed by atoms with van der Waals surface area (Å²) in [5.74, 6) is -3.68. The number of carbonyl (C=O) groups excluding carboxylic acids is 1. The van der Waals surface area contributed by atoms with E-state index < -0.39 is 16.9 Å². The second-order valence-electron chi connectivity index (χ2n) is 6.68. The summed E-state index contributed by atoms with van der Waals surface area (Å²) >= 11 is 0. The lowest BCUT2D eigenvalue weighted by Crippen LogP contribution is -2.51. The van der Waals surface area contributed by atoms with E-state index in [9.17, 15) is 14.9 Å². The largest absolute Gasteiger partial charge is 0.473 e. The summed E-state index contributed by atoms with van der Waals surface area (Å²) in [6, 6.07) is 6.58. The van der Waals surface area contributed by atoms with Gasteiger partial charge in [-0.05, 0) is 25.0 Å². The minimum atomic E-state index is -1.82. The predicted molar refractivity (Wildman–Crippen MR) is 98.1 cm³/mol. The average Bonchev–Trinajstić information content (AvgIpc) is 3.23. The van der Waals surface area contributed by atoms with E-state index in [2.05, 4.69) is 4.90 Å². The SMILES string of the molecule is O=C(O)C(=O)O.O=C(c1ccc([N+](=O)[O-])cc1)N1CCN(C2CCCC2)CC1. The van der Waals surface area contributed by atoms with Crippen LogP contribution in [0.5, 0.6) is 0 Å². The van der Waals surface area contributed by atoms with Crippen molar-refractivity contribution < 1.29 is 29.5 Å². The lowest BCUT2D eigenvalue weighted by molar-refractivity contribution is -0.384. The Balaban J connectivity index is 0.000000409. The van der Waals surface area contributed by atoms with Crippen LogP contribution in [0.25, 0.3) is 0 Å². The van der Waals surface area contributed by atoms with Crippen molar-refractivity contribution in [2.75, 3.05) is 26.2 Å². The van der Waals surface area contributed by atoms with Crippen LogP contribution in [0.15, 0.2) is 24.3 Å². The van der Waals surface area contributed by atoms with E-state index >= 15 is 0 Å². The molecule has 1 amide bonds. The number of nitro groups is 1. The highest BCUT2D eigenvalue weighted by atomic mass is 16.6. The van der Waals surface area contributed by atoms with E-state index in [1.165, 1.54) is 37.8 Å². The van der Waals surface area contributed by atoms with Crippen LogP contribution in [0, 0.1) is 10.1 Å². The lowest BCUT2D eigenvalue weighted by atomic mass is 10.1. The van der Waals surface area contributed by atoms with Gasteiger partial charge in [-0.2, -0.15) is 0 Å². The van der Waals surface area contributed by atoms with E-state index in [1.807, 2.05) is 4.90 Å². The molecule has 1 aromatic carbocycles. The third-order valence-corrected chi connectivity index (χ3v) is 4.95. The number of non-ortho nitro benzene ring substituents is 1. The summed E-state index contributed by atoms with van der Waals surface area (Å²) < 4.78 is 0. The molecule has 10 nitrogen and oxygen atoms in total. The van der Waals surface area contributed by atoms with Crippen LogP contribution in [0.2, 0.25) is 0 Å². The number of carboxylic acid groups (broad SMARTS) is 2. The fourth-order valence-corrected chi connectivity index (χ4v) is 3.47. The van der Waals surface area contributed by atoms with Gasteiger partial charge in [0.2, 0.25) is 0 Å². The van der Waals surface area contributed by atoms with Crippen molar-refractivity contribution >= 4 is 23.5 Å². The summed E-state index contributed by atoms with van der Waals surface area (Å²) in [4.78, 5) is 45.2. The summed E-state index contributed by atoms with van der Waals surface area (Å²) in [6.45, 7) is 3.35. The Labute approximate surface area is 161 Å². The molecular weight excluding hydrogens is 370 g/mol. The minimum absolute atomic E-state index is 0.0163. The van der Waals surface area contributed by atoms with Gasteiger partial charge in [-0.15, -0.1) is 0 Å². The van der Waals surface area contributed by atoms with Gasteiger partial charge < -0.3 is 15.1 Å². The van der Waals surface area contributed by atoms with Crippen LogP contribution in [-0.2, 0) is 9.59 Å². The van der Waals surface area contributed by atoms with Crippen molar-refractivity contribution in [2.24, 2.45) is 0 Å². The summed E-state index contributed by atoms with van der Waals surface area (Å²) in [5, 5.41) is 25.4. The molecule has 1 saturated heterocycles. The summed E-state index contributed by atoms with van der Waals surface area (Å²) in [7, 11) is 0. The molecule has 1 saturated carbocycles. The zero-order chi connectivity index (χ0) is 20.7. The molecular formula is C18H23N3O7. The monoisotopic (exact) mass is 393 g/mol. The molecule has 1 aliphatic carbocycles. The van der Waals surface area contributed by atoms with Gasteiger partial charge in [-0.3, -0.25) is 19.8 Å². The third-order valence-electron chi connectivity index (χ3n) is 4.95. The van der Waals surface area contributed by atoms with Crippen molar-refractivity contribution in [1.29, 1.82) is 0 Å². The number of nitrogens with zero attached hydrogens (tertiary/aromatic N) is 3. The molecule has 0 unspecified atom stereocenters. The number of nitro benzene ring substituents is 1. The first-order valence-corrected chi connectivity index (χ1v) is 9.03. The normalized spacial score (nSPS) is 17.5. The molecule has 0 spiro atoms. The van der Waals surface area contributed by atoms with E-state index in [-0.39, 0.29) is 11.6 Å². The summed E-state index contributed by atoms with van der Waals surface area (Å²) in [5.41, 5.74) is 0.544. The van der Waals surface area contributed by atoms with Gasteiger partial charge in [0.15, 0.2) is 0 Å². The van der Waals surface area contributed by atoms with Crippen molar-refractivity contribution in [3.63, 3.8) is 0 Å². The van der Waals surface area contributed by atoms with Crippen LogP contribution in [0.4, 0.5) is 5.69 Å². The first kappa shape index (κ1) is 21.3. The molecule has 10 heteroatoms. The minimum Gasteiger partial charge on any atom is -0.473 e. The first-order valence-electron chi connectivity index (χ1n) is 9.03. The molecule has 0 bridgehead atoms. The van der Waals surface area contributed by atoms with Crippen LogP contribution >= 0.6 is 0 Å².